The molecule has 0 saturated carbocycles. The van der Waals surface area contributed by atoms with E-state index in [2.05, 4.69) is 28.1 Å². The van der Waals surface area contributed by atoms with Crippen molar-refractivity contribution in [3.05, 3.63) is 29.3 Å². The monoisotopic (exact) mass is 240 g/mol. The maximum Gasteiger partial charge on any atom is 0.122 e. The molecule has 1 nitrogen and oxygen atoms in total. The first-order valence-electron chi connectivity index (χ1n) is 4.60. The normalized spacial score (nSPS) is 20.9. The summed E-state index contributed by atoms with van der Waals surface area (Å²) < 4.78 is 5.33. The van der Waals surface area contributed by atoms with Gasteiger partial charge in [0.1, 0.15) is 5.75 Å². The van der Waals surface area contributed by atoms with Crippen molar-refractivity contribution in [2.45, 2.75) is 24.1 Å². The Bertz CT molecular complexity index is 309. The molecule has 2 rings (SSSR count). The molecular weight excluding hydrogens is 228 g/mol. The van der Waals surface area contributed by atoms with Gasteiger partial charge in [0.2, 0.25) is 0 Å². The van der Waals surface area contributed by atoms with E-state index in [4.69, 9.17) is 4.74 Å². The van der Waals surface area contributed by atoms with Crippen molar-refractivity contribution >= 4 is 15.9 Å². The molecule has 1 aliphatic carbocycles. The quantitative estimate of drug-likeness (QED) is 0.687. The van der Waals surface area contributed by atoms with E-state index in [1.165, 1.54) is 17.5 Å². The van der Waals surface area contributed by atoms with Gasteiger partial charge in [-0.05, 0) is 36.5 Å². The van der Waals surface area contributed by atoms with Crippen LogP contribution in [0.25, 0.3) is 0 Å². The van der Waals surface area contributed by atoms with Gasteiger partial charge in [-0.25, -0.2) is 0 Å². The largest absolute Gasteiger partial charge is 0.496 e. The predicted octanol–water partition coefficient (Wildman–Crippen LogP) is 2.95. The first-order chi connectivity index (χ1) is 6.31. The zero-order valence-corrected chi connectivity index (χ0v) is 9.30. The van der Waals surface area contributed by atoms with Gasteiger partial charge in [-0.1, -0.05) is 28.1 Å². The van der Waals surface area contributed by atoms with Crippen molar-refractivity contribution in [1.82, 2.24) is 0 Å². The molecule has 1 atom stereocenters. The fourth-order valence-corrected chi connectivity index (χ4v) is 2.50. The zero-order valence-electron chi connectivity index (χ0n) is 7.72. The highest BCUT2D eigenvalue weighted by Gasteiger charge is 2.18. The number of ether oxygens (including phenoxy) is 1. The highest BCUT2D eigenvalue weighted by Crippen LogP contribution is 2.31. The third-order valence-corrected chi connectivity index (χ3v) is 3.38. The number of rotatable bonds is 1. The molecule has 0 heterocycles. The second-order valence-electron chi connectivity index (χ2n) is 3.44. The minimum Gasteiger partial charge on any atom is -0.496 e. The lowest BCUT2D eigenvalue weighted by Crippen LogP contribution is -2.14. The molecule has 0 aromatic heterocycles. The molecule has 2 heteroatoms. The van der Waals surface area contributed by atoms with Crippen molar-refractivity contribution in [2.75, 3.05) is 7.11 Å². The molecule has 0 spiro atoms. The lowest BCUT2D eigenvalue weighted by Gasteiger charge is -2.21. The first kappa shape index (κ1) is 9.07. The minimum atomic E-state index is 0.645. The summed E-state index contributed by atoms with van der Waals surface area (Å²) in [6.07, 6.45) is 3.48. The Hall–Kier alpha value is -0.500. The number of alkyl halides is 1. The third kappa shape index (κ3) is 1.73. The van der Waals surface area contributed by atoms with Gasteiger partial charge in [0.15, 0.2) is 0 Å². The molecule has 70 valence electrons. The molecule has 0 radical (unpaired) electrons. The Labute approximate surface area is 87.2 Å². The molecular formula is C11H13BrO. The van der Waals surface area contributed by atoms with Crippen LogP contribution >= 0.6 is 15.9 Å². The van der Waals surface area contributed by atoms with Crippen LogP contribution in [0.2, 0.25) is 0 Å². The molecule has 1 aromatic rings. The maximum absolute atomic E-state index is 5.33. The van der Waals surface area contributed by atoms with Crippen molar-refractivity contribution in [2.24, 2.45) is 0 Å². The van der Waals surface area contributed by atoms with Crippen LogP contribution in [0.1, 0.15) is 17.5 Å². The highest BCUT2D eigenvalue weighted by molar-refractivity contribution is 9.09. The molecule has 0 saturated heterocycles. The number of benzene rings is 1. The fraction of sp³-hybridized carbons (Fsp3) is 0.455. The highest BCUT2D eigenvalue weighted by atomic mass is 79.9. The predicted molar refractivity (Wildman–Crippen MR) is 57.7 cm³/mol. The molecule has 1 aromatic carbocycles. The topological polar surface area (TPSA) is 9.23 Å². The summed E-state index contributed by atoms with van der Waals surface area (Å²) in [5.41, 5.74) is 2.84. The SMILES string of the molecule is COc1cccc2c1CC[C@H](Br)C2. The first-order valence-corrected chi connectivity index (χ1v) is 5.51. The summed E-state index contributed by atoms with van der Waals surface area (Å²) in [4.78, 5) is 0.645. The molecule has 0 N–H and O–H groups in total. The lowest BCUT2D eigenvalue weighted by atomic mass is 9.91. The summed E-state index contributed by atoms with van der Waals surface area (Å²) in [5, 5.41) is 0. The molecule has 0 fully saturated rings. The van der Waals surface area contributed by atoms with Crippen LogP contribution in [-0.2, 0) is 12.8 Å². The van der Waals surface area contributed by atoms with Gasteiger partial charge in [0.25, 0.3) is 0 Å². The van der Waals surface area contributed by atoms with Gasteiger partial charge in [0.05, 0.1) is 7.11 Å². The fourth-order valence-electron chi connectivity index (χ4n) is 1.92. The van der Waals surface area contributed by atoms with Gasteiger partial charge in [-0.2, -0.15) is 0 Å². The van der Waals surface area contributed by atoms with Crippen molar-refractivity contribution < 1.29 is 4.74 Å². The zero-order chi connectivity index (χ0) is 9.26. The van der Waals surface area contributed by atoms with Crippen LogP contribution in [0.5, 0.6) is 5.75 Å². The van der Waals surface area contributed by atoms with Gasteiger partial charge in [0, 0.05) is 4.83 Å². The van der Waals surface area contributed by atoms with Crippen molar-refractivity contribution in [3.8, 4) is 5.75 Å². The second-order valence-corrected chi connectivity index (χ2v) is 4.73. The average Bonchev–Trinajstić information content (AvgIpc) is 2.16. The standard InChI is InChI=1S/C11H13BrO/c1-13-11-4-2-3-8-7-9(12)5-6-10(8)11/h2-4,9H,5-7H2,1H3/t9-/m0/s1. The van der Waals surface area contributed by atoms with Crippen molar-refractivity contribution in [1.29, 1.82) is 0 Å². The number of hydrogen-bond acceptors (Lipinski definition) is 1. The summed E-state index contributed by atoms with van der Waals surface area (Å²) in [6.45, 7) is 0. The van der Waals surface area contributed by atoms with E-state index < -0.39 is 0 Å². The van der Waals surface area contributed by atoms with Crippen LogP contribution in [0.3, 0.4) is 0 Å². The molecule has 0 bridgehead atoms. The van der Waals surface area contributed by atoms with E-state index in [0.717, 1.165) is 18.6 Å². The Morgan fingerprint density at radius 3 is 3.08 bits per heavy atom. The van der Waals surface area contributed by atoms with Crippen LogP contribution in [0.15, 0.2) is 18.2 Å². The Kier molecular flexibility index (Phi) is 2.58. The summed E-state index contributed by atoms with van der Waals surface area (Å²) >= 11 is 3.66. The third-order valence-electron chi connectivity index (χ3n) is 2.60. The number of hydrogen-bond donors (Lipinski definition) is 0. The van der Waals surface area contributed by atoms with Gasteiger partial charge in [-0.3, -0.25) is 0 Å². The lowest BCUT2D eigenvalue weighted by molar-refractivity contribution is 0.406. The van der Waals surface area contributed by atoms with Crippen LogP contribution < -0.4 is 4.74 Å². The van der Waals surface area contributed by atoms with Gasteiger partial charge in [-0.15, -0.1) is 0 Å². The Morgan fingerprint density at radius 2 is 2.31 bits per heavy atom. The summed E-state index contributed by atoms with van der Waals surface area (Å²) in [6, 6.07) is 6.32. The van der Waals surface area contributed by atoms with E-state index in [-0.39, 0.29) is 0 Å². The number of fused-ring (bicyclic) bond motifs is 1. The van der Waals surface area contributed by atoms with E-state index in [0.29, 0.717) is 4.83 Å². The molecule has 1 aliphatic rings. The van der Waals surface area contributed by atoms with Crippen LogP contribution in [-0.4, -0.2) is 11.9 Å². The number of halogens is 1. The average molecular weight is 241 g/mol. The van der Waals surface area contributed by atoms with E-state index in [9.17, 15) is 0 Å². The van der Waals surface area contributed by atoms with Gasteiger partial charge >= 0.3 is 0 Å². The van der Waals surface area contributed by atoms with E-state index in [1.807, 2.05) is 6.07 Å². The Balaban J connectivity index is 2.39. The molecule has 0 aliphatic heterocycles. The van der Waals surface area contributed by atoms with Crippen molar-refractivity contribution in [3.63, 3.8) is 0 Å². The number of methoxy groups -OCH3 is 1. The van der Waals surface area contributed by atoms with Crippen LogP contribution in [0.4, 0.5) is 0 Å². The maximum atomic E-state index is 5.33. The van der Waals surface area contributed by atoms with E-state index in [1.54, 1.807) is 7.11 Å². The minimum absolute atomic E-state index is 0.645. The van der Waals surface area contributed by atoms with Gasteiger partial charge < -0.3 is 4.74 Å². The van der Waals surface area contributed by atoms with E-state index >= 15 is 0 Å². The molecule has 0 unspecified atom stereocenters. The second kappa shape index (κ2) is 3.70. The Morgan fingerprint density at radius 1 is 1.46 bits per heavy atom. The molecule has 0 amide bonds. The smallest absolute Gasteiger partial charge is 0.122 e. The van der Waals surface area contributed by atoms with Crippen LogP contribution in [0, 0.1) is 0 Å². The summed E-state index contributed by atoms with van der Waals surface area (Å²) in [5.74, 6) is 1.05. The molecule has 13 heavy (non-hydrogen) atoms. The summed E-state index contributed by atoms with van der Waals surface area (Å²) in [7, 11) is 1.75.